The second kappa shape index (κ2) is 6.90. The van der Waals surface area contributed by atoms with Crippen LogP contribution in [0.2, 0.25) is 0 Å². The number of nitriles is 1. The molecule has 1 aromatic carbocycles. The summed E-state index contributed by atoms with van der Waals surface area (Å²) < 4.78 is 7.74. The van der Waals surface area contributed by atoms with Gasteiger partial charge in [-0.2, -0.15) is 5.26 Å². The van der Waals surface area contributed by atoms with Gasteiger partial charge in [-0.15, -0.1) is 11.3 Å². The molecule has 144 valence electrons. The largest absolute Gasteiger partial charge is 0.444 e. The van der Waals surface area contributed by atoms with Crippen molar-refractivity contribution in [3.05, 3.63) is 75.3 Å². The third-order valence-electron chi connectivity index (χ3n) is 5.44. The Balaban J connectivity index is 1.52. The molecular weight excluding hydrogens is 384 g/mol. The van der Waals surface area contributed by atoms with Gasteiger partial charge in [0.1, 0.15) is 17.4 Å². The number of carbonyl (C=O) groups excluding carboxylic acids is 1. The molecule has 1 aliphatic carbocycles. The second-order valence-corrected chi connectivity index (χ2v) is 8.20. The Hall–Kier alpha value is -3.37. The highest BCUT2D eigenvalue weighted by atomic mass is 32.1. The average Bonchev–Trinajstić information content (AvgIpc) is 3.35. The Morgan fingerprint density at radius 1 is 1.34 bits per heavy atom. The summed E-state index contributed by atoms with van der Waals surface area (Å²) in [4.78, 5) is 18.1. The molecule has 3 heterocycles. The highest BCUT2D eigenvalue weighted by molar-refractivity contribution is 7.10. The molecule has 0 unspecified atom stereocenters. The number of aromatic nitrogens is 2. The third-order valence-corrected chi connectivity index (χ3v) is 6.49. The SMILES string of the molecule is N#CC1=C(N)OC2=C(C(=O)CCC2)[C@@H]1c1cc(Cn2cnc3ccccc32)cs1. The third kappa shape index (κ3) is 2.93. The maximum absolute atomic E-state index is 12.7. The Bertz CT molecular complexity index is 1240. The molecule has 0 amide bonds. The number of imidazole rings is 1. The lowest BCUT2D eigenvalue weighted by molar-refractivity contribution is -0.116. The second-order valence-electron chi connectivity index (χ2n) is 7.26. The quantitative estimate of drug-likeness (QED) is 0.716. The predicted molar refractivity (Wildman–Crippen MR) is 110 cm³/mol. The van der Waals surface area contributed by atoms with Crippen LogP contribution in [0.5, 0.6) is 0 Å². The number of fused-ring (bicyclic) bond motifs is 1. The first kappa shape index (κ1) is 17.7. The minimum Gasteiger partial charge on any atom is -0.444 e. The molecule has 29 heavy (non-hydrogen) atoms. The number of ether oxygens (including phenoxy) is 1. The molecule has 6 nitrogen and oxygen atoms in total. The van der Waals surface area contributed by atoms with E-state index in [1.165, 1.54) is 0 Å². The van der Waals surface area contributed by atoms with Gasteiger partial charge in [-0.25, -0.2) is 4.98 Å². The van der Waals surface area contributed by atoms with Crippen molar-refractivity contribution >= 4 is 28.2 Å². The number of benzene rings is 1. The molecule has 0 bridgehead atoms. The van der Waals surface area contributed by atoms with Gasteiger partial charge in [-0.05, 0) is 35.6 Å². The van der Waals surface area contributed by atoms with E-state index in [0.29, 0.717) is 36.3 Å². The van der Waals surface area contributed by atoms with Gasteiger partial charge in [-0.1, -0.05) is 12.1 Å². The molecular formula is C22H18N4O2S. The number of nitrogens with zero attached hydrogens (tertiary/aromatic N) is 3. The molecule has 2 N–H and O–H groups in total. The van der Waals surface area contributed by atoms with Crippen LogP contribution in [-0.4, -0.2) is 15.3 Å². The molecule has 5 rings (SSSR count). The molecule has 1 atom stereocenters. The van der Waals surface area contributed by atoms with E-state index in [1.807, 2.05) is 30.6 Å². The van der Waals surface area contributed by atoms with Gasteiger partial charge in [0.2, 0.25) is 5.88 Å². The molecule has 7 heteroatoms. The molecule has 0 spiro atoms. The maximum Gasteiger partial charge on any atom is 0.205 e. The average molecular weight is 402 g/mol. The first-order valence-electron chi connectivity index (χ1n) is 9.46. The topological polar surface area (TPSA) is 93.9 Å². The molecule has 0 saturated heterocycles. The fourth-order valence-corrected chi connectivity index (χ4v) is 5.12. The molecule has 0 radical (unpaired) electrons. The van der Waals surface area contributed by atoms with E-state index in [4.69, 9.17) is 10.5 Å². The first-order chi connectivity index (χ1) is 14.2. The number of hydrogen-bond acceptors (Lipinski definition) is 6. The Morgan fingerprint density at radius 2 is 2.21 bits per heavy atom. The number of nitrogens with two attached hydrogens (primary N) is 1. The molecule has 0 saturated carbocycles. The summed E-state index contributed by atoms with van der Waals surface area (Å²) >= 11 is 1.55. The van der Waals surface area contributed by atoms with E-state index in [0.717, 1.165) is 27.9 Å². The van der Waals surface area contributed by atoms with Crippen molar-refractivity contribution in [3.8, 4) is 6.07 Å². The summed E-state index contributed by atoms with van der Waals surface area (Å²) in [5, 5.41) is 11.8. The molecule has 3 aromatic rings. The predicted octanol–water partition coefficient (Wildman–Crippen LogP) is 3.96. The minimum absolute atomic E-state index is 0.0482. The highest BCUT2D eigenvalue weighted by Crippen LogP contribution is 2.45. The number of thiophene rings is 1. The van der Waals surface area contributed by atoms with Crippen LogP contribution in [0.25, 0.3) is 11.0 Å². The van der Waals surface area contributed by atoms with E-state index in [1.54, 1.807) is 11.3 Å². The van der Waals surface area contributed by atoms with E-state index < -0.39 is 5.92 Å². The summed E-state index contributed by atoms with van der Waals surface area (Å²) in [6.07, 6.45) is 3.75. The van der Waals surface area contributed by atoms with Gasteiger partial charge in [0, 0.05) is 29.8 Å². The van der Waals surface area contributed by atoms with Crippen molar-refractivity contribution in [3.63, 3.8) is 0 Å². The van der Waals surface area contributed by atoms with Crippen molar-refractivity contribution in [1.29, 1.82) is 5.26 Å². The monoisotopic (exact) mass is 402 g/mol. The van der Waals surface area contributed by atoms with Gasteiger partial charge in [0.05, 0.1) is 23.3 Å². The number of allylic oxidation sites excluding steroid dienone is 3. The van der Waals surface area contributed by atoms with Crippen molar-refractivity contribution in [2.75, 3.05) is 0 Å². The minimum atomic E-state index is -0.435. The zero-order valence-corrected chi connectivity index (χ0v) is 16.4. The van der Waals surface area contributed by atoms with Crippen LogP contribution in [0.3, 0.4) is 0 Å². The van der Waals surface area contributed by atoms with Crippen LogP contribution in [-0.2, 0) is 16.1 Å². The van der Waals surface area contributed by atoms with E-state index in [9.17, 15) is 10.1 Å². The van der Waals surface area contributed by atoms with Crippen molar-refractivity contribution in [2.45, 2.75) is 31.7 Å². The Morgan fingerprint density at radius 3 is 3.07 bits per heavy atom. The summed E-state index contributed by atoms with van der Waals surface area (Å²) in [5.41, 5.74) is 10.1. The summed E-state index contributed by atoms with van der Waals surface area (Å²) in [5.74, 6) is 0.349. The van der Waals surface area contributed by atoms with Gasteiger partial charge in [-0.3, -0.25) is 4.79 Å². The highest BCUT2D eigenvalue weighted by Gasteiger charge is 2.38. The first-order valence-corrected chi connectivity index (χ1v) is 10.3. The van der Waals surface area contributed by atoms with Crippen molar-refractivity contribution < 1.29 is 9.53 Å². The number of ketones is 1. The van der Waals surface area contributed by atoms with E-state index >= 15 is 0 Å². The van der Waals surface area contributed by atoms with E-state index in [-0.39, 0.29) is 11.7 Å². The van der Waals surface area contributed by atoms with Crippen LogP contribution in [0.1, 0.15) is 35.6 Å². The van der Waals surface area contributed by atoms with Crippen LogP contribution in [0.4, 0.5) is 0 Å². The van der Waals surface area contributed by atoms with Crippen LogP contribution in [0.15, 0.2) is 64.8 Å². The molecule has 0 fully saturated rings. The van der Waals surface area contributed by atoms with Gasteiger partial charge in [0.15, 0.2) is 5.78 Å². The number of rotatable bonds is 3. The molecule has 1 aliphatic heterocycles. The van der Waals surface area contributed by atoms with Crippen molar-refractivity contribution in [1.82, 2.24) is 9.55 Å². The zero-order valence-electron chi connectivity index (χ0n) is 15.6. The normalized spacial score (nSPS) is 19.3. The smallest absolute Gasteiger partial charge is 0.205 e. The summed E-state index contributed by atoms with van der Waals surface area (Å²) in [6.45, 7) is 0.668. The van der Waals surface area contributed by atoms with Gasteiger partial charge < -0.3 is 15.0 Å². The lowest BCUT2D eigenvalue weighted by Gasteiger charge is -2.30. The fourth-order valence-electron chi connectivity index (χ4n) is 4.10. The maximum atomic E-state index is 12.7. The zero-order chi connectivity index (χ0) is 20.0. The van der Waals surface area contributed by atoms with Crippen molar-refractivity contribution in [2.24, 2.45) is 5.73 Å². The van der Waals surface area contributed by atoms with Gasteiger partial charge in [0.25, 0.3) is 0 Å². The van der Waals surface area contributed by atoms with Crippen LogP contribution < -0.4 is 5.73 Å². The lowest BCUT2D eigenvalue weighted by atomic mass is 9.80. The lowest BCUT2D eigenvalue weighted by Crippen LogP contribution is -2.27. The number of hydrogen-bond donors (Lipinski definition) is 1. The summed E-state index contributed by atoms with van der Waals surface area (Å²) in [7, 11) is 0. The summed E-state index contributed by atoms with van der Waals surface area (Å²) in [6, 6.07) is 12.2. The number of Topliss-reactive ketones (excluding diaryl/α,β-unsaturated/α-hetero) is 1. The number of para-hydroxylation sites is 2. The van der Waals surface area contributed by atoms with Crippen LogP contribution in [0, 0.1) is 11.3 Å². The van der Waals surface area contributed by atoms with E-state index in [2.05, 4.69) is 27.1 Å². The molecule has 2 aliphatic rings. The fraction of sp³-hybridized carbons (Fsp3) is 0.227. The molecule has 2 aromatic heterocycles. The number of carbonyl (C=O) groups is 1. The Labute approximate surface area is 171 Å². The standard InChI is InChI=1S/C22H18N4O2S/c23-9-14-20(21-17(27)6-3-7-18(21)28-22(14)24)19-8-13(11-29-19)10-26-12-25-15-4-1-2-5-16(15)26/h1-2,4-5,8,11-12,20H,3,6-7,10,24H2/t20-/m0/s1. The Kier molecular flexibility index (Phi) is 4.22. The van der Waals surface area contributed by atoms with Gasteiger partial charge >= 0.3 is 0 Å². The van der Waals surface area contributed by atoms with Crippen LogP contribution >= 0.6 is 11.3 Å².